The predicted molar refractivity (Wildman–Crippen MR) is 120 cm³/mol. The van der Waals surface area contributed by atoms with Crippen LogP contribution in [0, 0.1) is 0 Å². The monoisotopic (exact) mass is 425 g/mol. The Morgan fingerprint density at radius 2 is 2.10 bits per heavy atom. The molecule has 2 N–H and O–H groups in total. The fraction of sp³-hybridized carbons (Fsp3) is 0.571. The lowest BCUT2D eigenvalue weighted by Crippen LogP contribution is -2.60. The van der Waals surface area contributed by atoms with E-state index in [1.165, 1.54) is 0 Å². The number of hydrogen-bond donors (Lipinski definition) is 2. The van der Waals surface area contributed by atoms with E-state index in [1.54, 1.807) is 25.5 Å². The van der Waals surface area contributed by atoms with Crippen LogP contribution >= 0.6 is 0 Å². The smallest absolute Gasteiger partial charge is 0.321 e. The van der Waals surface area contributed by atoms with Crippen molar-refractivity contribution in [2.24, 2.45) is 4.99 Å². The molecule has 2 amide bonds. The minimum Gasteiger partial charge on any atom is -0.323 e. The molecule has 166 valence electrons. The summed E-state index contributed by atoms with van der Waals surface area (Å²) < 4.78 is 0. The third-order valence-electron chi connectivity index (χ3n) is 6.41. The van der Waals surface area contributed by atoms with Crippen molar-refractivity contribution in [1.82, 2.24) is 34.9 Å². The lowest BCUT2D eigenvalue weighted by molar-refractivity contribution is 0.0457. The summed E-state index contributed by atoms with van der Waals surface area (Å²) in [6.07, 6.45) is 3.27. The maximum Gasteiger partial charge on any atom is 0.321 e. The molecule has 2 aromatic heterocycles. The number of likely N-dealkylation sites (N-methyl/N-ethyl adjacent to an activating group) is 1. The van der Waals surface area contributed by atoms with Crippen LogP contribution in [0.25, 0.3) is 0 Å². The standard InChI is InChI=1S/C21H31N9O/c1-13-11-29(14(2)10-28(13)6)20(31)30-12-15-18(21(30,3)4)26-27-19(15)25-16-7-8-23-17(24-16)9-22-5/h7-9,13-14H,10-12H2,1-6H3,(H2,23,24,25,26,27)/b22-9-/t13-,14+/m1/s1. The summed E-state index contributed by atoms with van der Waals surface area (Å²) in [5, 5.41) is 10.9. The van der Waals surface area contributed by atoms with Crippen LogP contribution in [0.15, 0.2) is 17.3 Å². The molecule has 1 saturated heterocycles. The van der Waals surface area contributed by atoms with Crippen LogP contribution in [0.3, 0.4) is 0 Å². The first-order valence-electron chi connectivity index (χ1n) is 10.6. The van der Waals surface area contributed by atoms with Crippen molar-refractivity contribution >= 4 is 23.9 Å². The molecule has 2 aliphatic rings. The maximum absolute atomic E-state index is 13.6. The first kappa shape index (κ1) is 21.2. The van der Waals surface area contributed by atoms with Crippen LogP contribution in [-0.4, -0.2) is 86.4 Å². The average molecular weight is 426 g/mol. The largest absolute Gasteiger partial charge is 0.323 e. The summed E-state index contributed by atoms with van der Waals surface area (Å²) in [5.74, 6) is 1.83. The highest BCUT2D eigenvalue weighted by molar-refractivity contribution is 5.78. The number of nitrogens with zero attached hydrogens (tertiary/aromatic N) is 7. The highest BCUT2D eigenvalue weighted by atomic mass is 16.2. The van der Waals surface area contributed by atoms with Gasteiger partial charge in [0.2, 0.25) is 0 Å². The molecule has 0 aromatic carbocycles. The number of hydrogen-bond acceptors (Lipinski definition) is 7. The number of rotatable bonds is 3. The van der Waals surface area contributed by atoms with E-state index in [0.29, 0.717) is 30.0 Å². The summed E-state index contributed by atoms with van der Waals surface area (Å²) in [6.45, 7) is 10.5. The quantitative estimate of drug-likeness (QED) is 0.731. The first-order chi connectivity index (χ1) is 14.7. The van der Waals surface area contributed by atoms with Gasteiger partial charge in [-0.1, -0.05) is 0 Å². The molecular weight excluding hydrogens is 394 g/mol. The molecule has 31 heavy (non-hydrogen) atoms. The molecule has 2 atom stereocenters. The minimum atomic E-state index is -0.489. The van der Waals surface area contributed by atoms with E-state index >= 15 is 0 Å². The van der Waals surface area contributed by atoms with E-state index in [2.05, 4.69) is 70.1 Å². The zero-order valence-corrected chi connectivity index (χ0v) is 19.0. The lowest BCUT2D eigenvalue weighted by Gasteiger charge is -2.45. The predicted octanol–water partition coefficient (Wildman–Crippen LogP) is 2.19. The summed E-state index contributed by atoms with van der Waals surface area (Å²) in [7, 11) is 3.79. The van der Waals surface area contributed by atoms with Crippen molar-refractivity contribution in [3.8, 4) is 0 Å². The van der Waals surface area contributed by atoms with Gasteiger partial charge in [-0.15, -0.1) is 0 Å². The molecule has 4 rings (SSSR count). The Hall–Kier alpha value is -3.01. The van der Waals surface area contributed by atoms with Gasteiger partial charge in [0.15, 0.2) is 11.6 Å². The van der Waals surface area contributed by atoms with Crippen LogP contribution in [0.4, 0.5) is 16.4 Å². The number of anilines is 2. The van der Waals surface area contributed by atoms with Crippen LogP contribution in [0.2, 0.25) is 0 Å². The Labute approximate surface area is 182 Å². The molecule has 0 saturated carbocycles. The Kier molecular flexibility index (Phi) is 5.42. The SMILES string of the molecule is C/N=C\c1nccc(Nc2n[nH]c3c2CN(C(=O)N2C[C@@H](C)N(C)C[C@@H]2C)C3(C)C)n1. The topological polar surface area (TPSA) is 106 Å². The molecule has 0 aliphatic carbocycles. The highest BCUT2D eigenvalue weighted by Gasteiger charge is 2.46. The van der Waals surface area contributed by atoms with Gasteiger partial charge in [-0.25, -0.2) is 14.8 Å². The number of aromatic nitrogens is 4. The molecule has 0 spiro atoms. The van der Waals surface area contributed by atoms with E-state index in [-0.39, 0.29) is 12.1 Å². The molecular formula is C21H31N9O. The Morgan fingerprint density at radius 1 is 1.32 bits per heavy atom. The average Bonchev–Trinajstić information content (AvgIpc) is 3.23. The van der Waals surface area contributed by atoms with Gasteiger partial charge < -0.3 is 15.1 Å². The zero-order chi connectivity index (χ0) is 22.3. The van der Waals surface area contributed by atoms with Crippen molar-refractivity contribution in [2.75, 3.05) is 32.5 Å². The molecule has 2 aliphatic heterocycles. The minimum absolute atomic E-state index is 0.0662. The van der Waals surface area contributed by atoms with Crippen LogP contribution in [0.5, 0.6) is 0 Å². The number of fused-ring (bicyclic) bond motifs is 1. The normalized spacial score (nSPS) is 23.4. The van der Waals surface area contributed by atoms with E-state index in [0.717, 1.165) is 24.3 Å². The number of aromatic amines is 1. The van der Waals surface area contributed by atoms with E-state index in [1.807, 2.05) is 9.80 Å². The Bertz CT molecular complexity index is 998. The van der Waals surface area contributed by atoms with Crippen LogP contribution in [-0.2, 0) is 12.1 Å². The van der Waals surface area contributed by atoms with Gasteiger partial charge >= 0.3 is 6.03 Å². The first-order valence-corrected chi connectivity index (χ1v) is 10.6. The fourth-order valence-electron chi connectivity index (χ4n) is 4.39. The number of aliphatic imine (C=N–C) groups is 1. The molecule has 1 fully saturated rings. The number of amides is 2. The number of carbonyl (C=O) groups is 1. The van der Waals surface area contributed by atoms with Crippen LogP contribution in [0.1, 0.15) is 44.8 Å². The maximum atomic E-state index is 13.6. The van der Waals surface area contributed by atoms with Crippen molar-refractivity contribution in [1.29, 1.82) is 0 Å². The summed E-state index contributed by atoms with van der Waals surface area (Å²) >= 11 is 0. The summed E-state index contributed by atoms with van der Waals surface area (Å²) in [4.78, 5) is 32.4. The van der Waals surface area contributed by atoms with Gasteiger partial charge in [0.1, 0.15) is 5.82 Å². The molecule has 0 radical (unpaired) electrons. The van der Waals surface area contributed by atoms with Gasteiger partial charge in [-0.3, -0.25) is 15.0 Å². The number of urea groups is 1. The van der Waals surface area contributed by atoms with E-state index < -0.39 is 5.54 Å². The van der Waals surface area contributed by atoms with Crippen molar-refractivity contribution in [3.05, 3.63) is 29.3 Å². The van der Waals surface area contributed by atoms with Gasteiger partial charge in [0, 0.05) is 44.0 Å². The number of nitrogens with one attached hydrogen (secondary N) is 2. The van der Waals surface area contributed by atoms with E-state index in [4.69, 9.17) is 0 Å². The lowest BCUT2D eigenvalue weighted by atomic mass is 10.0. The molecule has 0 unspecified atom stereocenters. The number of carbonyl (C=O) groups excluding carboxylic acids is 1. The molecule has 10 heteroatoms. The Morgan fingerprint density at radius 3 is 2.84 bits per heavy atom. The second kappa shape index (κ2) is 7.92. The van der Waals surface area contributed by atoms with Gasteiger partial charge in [-0.05, 0) is 40.8 Å². The Balaban J connectivity index is 1.57. The summed E-state index contributed by atoms with van der Waals surface area (Å²) in [6, 6.07) is 2.35. The fourth-order valence-corrected chi connectivity index (χ4v) is 4.39. The van der Waals surface area contributed by atoms with Crippen molar-refractivity contribution in [3.63, 3.8) is 0 Å². The second-order valence-corrected chi connectivity index (χ2v) is 8.96. The van der Waals surface area contributed by atoms with Gasteiger partial charge in [0.25, 0.3) is 0 Å². The highest BCUT2D eigenvalue weighted by Crippen LogP contribution is 2.41. The third-order valence-corrected chi connectivity index (χ3v) is 6.41. The second-order valence-electron chi connectivity index (χ2n) is 8.96. The number of H-pyrrole nitrogens is 1. The van der Waals surface area contributed by atoms with Gasteiger partial charge in [0.05, 0.1) is 24.0 Å². The summed E-state index contributed by atoms with van der Waals surface area (Å²) in [5.41, 5.74) is 1.44. The molecule has 0 bridgehead atoms. The van der Waals surface area contributed by atoms with Crippen molar-refractivity contribution < 1.29 is 4.79 Å². The number of piperazine rings is 1. The molecule has 4 heterocycles. The molecule has 10 nitrogen and oxygen atoms in total. The van der Waals surface area contributed by atoms with Crippen molar-refractivity contribution in [2.45, 2.75) is 51.9 Å². The van der Waals surface area contributed by atoms with E-state index in [9.17, 15) is 4.79 Å². The third kappa shape index (κ3) is 3.76. The van der Waals surface area contributed by atoms with Gasteiger partial charge in [-0.2, -0.15) is 5.10 Å². The zero-order valence-electron chi connectivity index (χ0n) is 19.0. The molecule has 2 aromatic rings. The van der Waals surface area contributed by atoms with Crippen LogP contribution < -0.4 is 5.32 Å².